The third-order valence-corrected chi connectivity index (χ3v) is 4.30. The van der Waals surface area contributed by atoms with Crippen LogP contribution in [0, 0.1) is 0 Å². The Kier molecular flexibility index (Phi) is 7.96. The van der Waals surface area contributed by atoms with E-state index in [4.69, 9.17) is 0 Å². The maximum absolute atomic E-state index is 2.64. The van der Waals surface area contributed by atoms with Gasteiger partial charge >= 0.3 is 0 Å². The molecule has 0 aliphatic carbocycles. The molecular weight excluding hydrogens is 234 g/mol. The van der Waals surface area contributed by atoms with Gasteiger partial charge in [0.1, 0.15) is 0 Å². The highest BCUT2D eigenvalue weighted by atomic mass is 15.3. The summed E-state index contributed by atoms with van der Waals surface area (Å²) in [4.78, 5) is 7.85. The van der Waals surface area contributed by atoms with Crippen LogP contribution in [0.1, 0.15) is 47.5 Å². The monoisotopic (exact) mass is 269 g/mol. The minimum atomic E-state index is 0.692. The molecule has 114 valence electrons. The van der Waals surface area contributed by atoms with Gasteiger partial charge in [-0.25, -0.2) is 0 Å². The van der Waals surface area contributed by atoms with Gasteiger partial charge in [-0.15, -0.1) is 0 Å². The average Bonchev–Trinajstić information content (AvgIpc) is 2.38. The van der Waals surface area contributed by atoms with Crippen molar-refractivity contribution in [2.75, 3.05) is 45.8 Å². The van der Waals surface area contributed by atoms with Crippen molar-refractivity contribution in [3.63, 3.8) is 0 Å². The standard InChI is InChI=1S/C16H35N3/c1-6-8-18(15(2)3)10-7-9-17-11-13-19(14-12-17)16(4)5/h15-16H,6-14H2,1-5H3. The predicted octanol–water partition coefficient (Wildman–Crippen LogP) is 2.52. The summed E-state index contributed by atoms with van der Waals surface area (Å²) in [6.07, 6.45) is 2.59. The van der Waals surface area contributed by atoms with Crippen molar-refractivity contribution in [3.05, 3.63) is 0 Å². The second-order valence-electron chi connectivity index (χ2n) is 6.45. The molecule has 3 heteroatoms. The number of hydrogen-bond donors (Lipinski definition) is 0. The summed E-state index contributed by atoms with van der Waals surface area (Å²) in [5.74, 6) is 0. The van der Waals surface area contributed by atoms with Crippen LogP contribution in [-0.4, -0.2) is 72.6 Å². The third-order valence-electron chi connectivity index (χ3n) is 4.30. The highest BCUT2D eigenvalue weighted by molar-refractivity contribution is 4.74. The second kappa shape index (κ2) is 8.93. The van der Waals surface area contributed by atoms with Crippen LogP contribution < -0.4 is 0 Å². The second-order valence-corrected chi connectivity index (χ2v) is 6.45. The molecule has 0 N–H and O–H groups in total. The Labute approximate surface area is 120 Å². The number of rotatable bonds is 8. The van der Waals surface area contributed by atoms with Gasteiger partial charge in [0.2, 0.25) is 0 Å². The van der Waals surface area contributed by atoms with Gasteiger partial charge < -0.3 is 9.80 Å². The van der Waals surface area contributed by atoms with E-state index in [0.29, 0.717) is 12.1 Å². The minimum absolute atomic E-state index is 0.692. The zero-order valence-corrected chi connectivity index (χ0v) is 13.9. The lowest BCUT2D eigenvalue weighted by Crippen LogP contribution is -2.49. The molecule has 0 saturated carbocycles. The van der Waals surface area contributed by atoms with Crippen LogP contribution in [0.2, 0.25) is 0 Å². The molecule has 1 aliphatic rings. The van der Waals surface area contributed by atoms with Gasteiger partial charge in [0.05, 0.1) is 0 Å². The number of nitrogens with zero attached hydrogens (tertiary/aromatic N) is 3. The Hall–Kier alpha value is -0.120. The minimum Gasteiger partial charge on any atom is -0.301 e. The molecule has 1 saturated heterocycles. The average molecular weight is 269 g/mol. The molecule has 0 atom stereocenters. The predicted molar refractivity (Wildman–Crippen MR) is 84.8 cm³/mol. The van der Waals surface area contributed by atoms with E-state index in [1.165, 1.54) is 58.7 Å². The summed E-state index contributed by atoms with van der Waals surface area (Å²) >= 11 is 0. The topological polar surface area (TPSA) is 9.72 Å². The highest BCUT2D eigenvalue weighted by Gasteiger charge is 2.18. The van der Waals surface area contributed by atoms with Crippen LogP contribution >= 0.6 is 0 Å². The first-order valence-electron chi connectivity index (χ1n) is 8.25. The molecule has 0 aromatic rings. The van der Waals surface area contributed by atoms with Crippen LogP contribution in [0.3, 0.4) is 0 Å². The SMILES string of the molecule is CCCN(CCCN1CCN(C(C)C)CC1)C(C)C. The van der Waals surface area contributed by atoms with Gasteiger partial charge in [-0.3, -0.25) is 4.90 Å². The molecule has 0 bridgehead atoms. The van der Waals surface area contributed by atoms with Crippen LogP contribution in [0.25, 0.3) is 0 Å². The fourth-order valence-electron chi connectivity index (χ4n) is 2.92. The van der Waals surface area contributed by atoms with Gasteiger partial charge in [0.15, 0.2) is 0 Å². The van der Waals surface area contributed by atoms with Crippen LogP contribution in [-0.2, 0) is 0 Å². The van der Waals surface area contributed by atoms with E-state index in [1.54, 1.807) is 0 Å². The Morgan fingerprint density at radius 3 is 2.05 bits per heavy atom. The fraction of sp³-hybridized carbons (Fsp3) is 1.00. The Balaban J connectivity index is 2.16. The lowest BCUT2D eigenvalue weighted by Gasteiger charge is -2.37. The molecule has 1 heterocycles. The van der Waals surface area contributed by atoms with Crippen molar-refractivity contribution < 1.29 is 0 Å². The van der Waals surface area contributed by atoms with Crippen LogP contribution in [0.15, 0.2) is 0 Å². The molecule has 19 heavy (non-hydrogen) atoms. The van der Waals surface area contributed by atoms with Gasteiger partial charge in [-0.1, -0.05) is 6.92 Å². The number of piperazine rings is 1. The quantitative estimate of drug-likeness (QED) is 0.670. The zero-order valence-electron chi connectivity index (χ0n) is 13.9. The summed E-state index contributed by atoms with van der Waals surface area (Å²) in [5.41, 5.74) is 0. The first-order valence-corrected chi connectivity index (χ1v) is 8.25. The molecule has 0 aromatic heterocycles. The summed E-state index contributed by atoms with van der Waals surface area (Å²) in [6.45, 7) is 20.3. The molecule has 0 spiro atoms. The van der Waals surface area contributed by atoms with E-state index >= 15 is 0 Å². The Bertz CT molecular complexity index is 220. The molecular formula is C16H35N3. The van der Waals surface area contributed by atoms with E-state index in [0.717, 1.165) is 0 Å². The maximum atomic E-state index is 2.64. The van der Waals surface area contributed by atoms with Crippen LogP contribution in [0.4, 0.5) is 0 Å². The van der Waals surface area contributed by atoms with Crippen LogP contribution in [0.5, 0.6) is 0 Å². The van der Waals surface area contributed by atoms with Gasteiger partial charge in [0.25, 0.3) is 0 Å². The van der Waals surface area contributed by atoms with Crippen molar-refractivity contribution in [1.82, 2.24) is 14.7 Å². The highest BCUT2D eigenvalue weighted by Crippen LogP contribution is 2.07. The van der Waals surface area contributed by atoms with E-state index in [-0.39, 0.29) is 0 Å². The van der Waals surface area contributed by atoms with E-state index < -0.39 is 0 Å². The van der Waals surface area contributed by atoms with Gasteiger partial charge in [-0.2, -0.15) is 0 Å². The summed E-state index contributed by atoms with van der Waals surface area (Å²) < 4.78 is 0. The smallest absolute Gasteiger partial charge is 0.0113 e. The van der Waals surface area contributed by atoms with E-state index in [1.807, 2.05) is 0 Å². The summed E-state index contributed by atoms with van der Waals surface area (Å²) in [5, 5.41) is 0. The lowest BCUT2D eigenvalue weighted by atomic mass is 10.2. The molecule has 0 amide bonds. The zero-order chi connectivity index (χ0) is 14.3. The molecule has 0 aromatic carbocycles. The maximum Gasteiger partial charge on any atom is 0.0113 e. The Morgan fingerprint density at radius 2 is 1.58 bits per heavy atom. The van der Waals surface area contributed by atoms with Crippen molar-refractivity contribution in [3.8, 4) is 0 Å². The van der Waals surface area contributed by atoms with E-state index in [9.17, 15) is 0 Å². The summed E-state index contributed by atoms with van der Waals surface area (Å²) in [6, 6.07) is 1.40. The van der Waals surface area contributed by atoms with Crippen molar-refractivity contribution >= 4 is 0 Å². The summed E-state index contributed by atoms with van der Waals surface area (Å²) in [7, 11) is 0. The first-order chi connectivity index (χ1) is 9.04. The third kappa shape index (κ3) is 6.24. The number of hydrogen-bond acceptors (Lipinski definition) is 3. The lowest BCUT2D eigenvalue weighted by molar-refractivity contribution is 0.103. The first kappa shape index (κ1) is 16.9. The van der Waals surface area contributed by atoms with Crippen molar-refractivity contribution in [2.24, 2.45) is 0 Å². The van der Waals surface area contributed by atoms with E-state index in [2.05, 4.69) is 49.3 Å². The molecule has 3 nitrogen and oxygen atoms in total. The molecule has 0 unspecified atom stereocenters. The molecule has 1 rings (SSSR count). The molecule has 0 radical (unpaired) electrons. The van der Waals surface area contributed by atoms with Crippen molar-refractivity contribution in [1.29, 1.82) is 0 Å². The fourth-order valence-corrected chi connectivity index (χ4v) is 2.92. The molecule has 1 fully saturated rings. The van der Waals surface area contributed by atoms with Gasteiger partial charge in [-0.05, 0) is 60.2 Å². The molecule has 1 aliphatic heterocycles. The Morgan fingerprint density at radius 1 is 0.947 bits per heavy atom. The normalized spacial score (nSPS) is 18.9. The van der Waals surface area contributed by atoms with Crippen molar-refractivity contribution in [2.45, 2.75) is 59.5 Å². The van der Waals surface area contributed by atoms with Gasteiger partial charge in [0, 0.05) is 38.3 Å². The largest absolute Gasteiger partial charge is 0.301 e.